The van der Waals surface area contributed by atoms with E-state index >= 15 is 0 Å². The van der Waals surface area contributed by atoms with Gasteiger partial charge in [-0.3, -0.25) is 0 Å². The molecular formula is C11H20N2. The van der Waals surface area contributed by atoms with E-state index in [0.29, 0.717) is 0 Å². The first-order valence-corrected chi connectivity index (χ1v) is 4.91. The van der Waals surface area contributed by atoms with Crippen molar-refractivity contribution in [2.75, 3.05) is 19.6 Å². The molecule has 0 aromatic heterocycles. The number of hydrogen-bond donors (Lipinski definition) is 2. The van der Waals surface area contributed by atoms with Crippen molar-refractivity contribution >= 4 is 0 Å². The maximum Gasteiger partial charge on any atom is 0.0371 e. The molecule has 1 saturated heterocycles. The maximum absolute atomic E-state index is 3.47. The predicted octanol–water partition coefficient (Wildman–Crippen LogP) is 1.81. The molecule has 2 N–H and O–H groups in total. The van der Waals surface area contributed by atoms with Gasteiger partial charge in [0.15, 0.2) is 0 Å². The third kappa shape index (κ3) is 2.59. The lowest BCUT2D eigenvalue weighted by Gasteiger charge is -2.13. The van der Waals surface area contributed by atoms with Crippen LogP contribution in [0.3, 0.4) is 0 Å². The van der Waals surface area contributed by atoms with E-state index in [1.807, 2.05) is 0 Å². The molecule has 0 radical (unpaired) electrons. The molecule has 0 bridgehead atoms. The maximum atomic E-state index is 3.47. The van der Waals surface area contributed by atoms with Crippen LogP contribution in [0.4, 0.5) is 0 Å². The van der Waals surface area contributed by atoms with Crippen molar-refractivity contribution < 1.29 is 0 Å². The van der Waals surface area contributed by atoms with E-state index in [1.165, 1.54) is 22.4 Å². The lowest BCUT2D eigenvalue weighted by molar-refractivity contribution is 0.732. The molecule has 74 valence electrons. The minimum absolute atomic E-state index is 0.996. The van der Waals surface area contributed by atoms with Crippen LogP contribution in [0.15, 0.2) is 22.4 Å². The Morgan fingerprint density at radius 3 is 2.23 bits per heavy atom. The Labute approximate surface area is 81.1 Å². The molecule has 0 spiro atoms. The summed E-state index contributed by atoms with van der Waals surface area (Å²) in [5.41, 5.74) is 5.54. The number of allylic oxidation sites excluding steroid dienone is 2. The average molecular weight is 180 g/mol. The van der Waals surface area contributed by atoms with Crippen molar-refractivity contribution in [3.05, 3.63) is 22.4 Å². The Bertz CT molecular complexity index is 215. The number of hydrogen-bond acceptors (Lipinski definition) is 2. The predicted molar refractivity (Wildman–Crippen MR) is 57.6 cm³/mol. The Balaban J connectivity index is 3.01. The van der Waals surface area contributed by atoms with Crippen LogP contribution in [0.1, 0.15) is 27.7 Å². The van der Waals surface area contributed by atoms with E-state index in [1.54, 1.807) is 0 Å². The fourth-order valence-electron chi connectivity index (χ4n) is 1.59. The van der Waals surface area contributed by atoms with Crippen molar-refractivity contribution in [3.63, 3.8) is 0 Å². The molecule has 0 aromatic rings. The van der Waals surface area contributed by atoms with Crippen molar-refractivity contribution in [3.8, 4) is 0 Å². The summed E-state index contributed by atoms with van der Waals surface area (Å²) in [6.45, 7) is 11.7. The van der Waals surface area contributed by atoms with Gasteiger partial charge in [-0.1, -0.05) is 11.1 Å². The van der Waals surface area contributed by atoms with Crippen LogP contribution in [0.25, 0.3) is 0 Å². The molecule has 1 rings (SSSR count). The molecule has 2 heteroatoms. The van der Waals surface area contributed by atoms with E-state index in [4.69, 9.17) is 0 Å². The highest BCUT2D eigenvalue weighted by molar-refractivity contribution is 5.37. The fourth-order valence-corrected chi connectivity index (χ4v) is 1.59. The lowest BCUT2D eigenvalue weighted by atomic mass is 10.0. The summed E-state index contributed by atoms with van der Waals surface area (Å²) in [7, 11) is 0. The van der Waals surface area contributed by atoms with Crippen molar-refractivity contribution in [2.45, 2.75) is 27.7 Å². The number of rotatable bonds is 0. The van der Waals surface area contributed by atoms with Crippen LogP contribution in [0, 0.1) is 0 Å². The Kier molecular flexibility index (Phi) is 3.55. The molecule has 1 aliphatic rings. The van der Waals surface area contributed by atoms with E-state index in [0.717, 1.165) is 19.6 Å². The van der Waals surface area contributed by atoms with E-state index in [9.17, 15) is 0 Å². The first-order chi connectivity index (χ1) is 6.13. The van der Waals surface area contributed by atoms with Crippen LogP contribution in [-0.2, 0) is 0 Å². The molecule has 1 aliphatic heterocycles. The van der Waals surface area contributed by atoms with Gasteiger partial charge < -0.3 is 10.6 Å². The monoisotopic (exact) mass is 180 g/mol. The summed E-state index contributed by atoms with van der Waals surface area (Å²) in [5.74, 6) is 0. The molecule has 0 amide bonds. The van der Waals surface area contributed by atoms with Crippen molar-refractivity contribution in [2.24, 2.45) is 0 Å². The Morgan fingerprint density at radius 2 is 1.69 bits per heavy atom. The minimum atomic E-state index is 0.996. The summed E-state index contributed by atoms with van der Waals surface area (Å²) in [4.78, 5) is 0. The molecule has 0 atom stereocenters. The Morgan fingerprint density at radius 1 is 1.00 bits per heavy atom. The average Bonchev–Trinajstić information content (AvgIpc) is 2.27. The first kappa shape index (κ1) is 10.3. The minimum Gasteiger partial charge on any atom is -0.384 e. The van der Waals surface area contributed by atoms with Gasteiger partial charge in [0.2, 0.25) is 0 Å². The van der Waals surface area contributed by atoms with Gasteiger partial charge in [-0.25, -0.2) is 0 Å². The lowest BCUT2D eigenvalue weighted by Crippen LogP contribution is -2.20. The summed E-state index contributed by atoms with van der Waals surface area (Å²) < 4.78 is 0. The molecule has 0 aliphatic carbocycles. The van der Waals surface area contributed by atoms with E-state index in [-0.39, 0.29) is 0 Å². The summed E-state index contributed by atoms with van der Waals surface area (Å²) in [6.07, 6.45) is 0. The van der Waals surface area contributed by atoms with Gasteiger partial charge >= 0.3 is 0 Å². The quantitative estimate of drug-likeness (QED) is 0.594. The zero-order valence-electron chi connectivity index (χ0n) is 9.12. The van der Waals surface area contributed by atoms with E-state index in [2.05, 4.69) is 38.3 Å². The highest BCUT2D eigenvalue weighted by atomic mass is 15.0. The zero-order chi connectivity index (χ0) is 9.84. The van der Waals surface area contributed by atoms with Crippen molar-refractivity contribution in [1.29, 1.82) is 0 Å². The number of nitrogens with one attached hydrogen (secondary N) is 2. The highest BCUT2D eigenvalue weighted by Crippen LogP contribution is 2.16. The van der Waals surface area contributed by atoms with Gasteiger partial charge in [-0.05, 0) is 33.3 Å². The molecule has 1 heterocycles. The standard InChI is InChI=1S/C11H20N2/c1-8(2)10-7-12-5-6-13-11(10)9(3)4/h12-13H,5-7H2,1-4H3. The second-order valence-corrected chi connectivity index (χ2v) is 3.96. The summed E-state index contributed by atoms with van der Waals surface area (Å²) >= 11 is 0. The van der Waals surface area contributed by atoms with E-state index < -0.39 is 0 Å². The first-order valence-electron chi connectivity index (χ1n) is 4.91. The molecule has 0 aromatic carbocycles. The van der Waals surface area contributed by atoms with Crippen LogP contribution >= 0.6 is 0 Å². The van der Waals surface area contributed by atoms with Gasteiger partial charge in [0.1, 0.15) is 0 Å². The van der Waals surface area contributed by atoms with Gasteiger partial charge in [0.05, 0.1) is 0 Å². The van der Waals surface area contributed by atoms with Crippen LogP contribution in [-0.4, -0.2) is 19.6 Å². The molecule has 1 fully saturated rings. The second-order valence-electron chi connectivity index (χ2n) is 3.96. The molecule has 0 saturated carbocycles. The highest BCUT2D eigenvalue weighted by Gasteiger charge is 2.11. The van der Waals surface area contributed by atoms with Crippen LogP contribution in [0.5, 0.6) is 0 Å². The zero-order valence-corrected chi connectivity index (χ0v) is 9.12. The molecular weight excluding hydrogens is 160 g/mol. The third-order valence-electron chi connectivity index (χ3n) is 2.31. The SMILES string of the molecule is CC(C)=C1CNCCNC1=C(C)C. The largest absolute Gasteiger partial charge is 0.384 e. The fraction of sp³-hybridized carbons (Fsp3) is 0.636. The Hall–Kier alpha value is -0.760. The normalized spacial score (nSPS) is 17.8. The smallest absolute Gasteiger partial charge is 0.0371 e. The molecule has 13 heavy (non-hydrogen) atoms. The third-order valence-corrected chi connectivity index (χ3v) is 2.31. The van der Waals surface area contributed by atoms with Crippen molar-refractivity contribution in [1.82, 2.24) is 10.6 Å². The molecule has 0 unspecified atom stereocenters. The van der Waals surface area contributed by atoms with Gasteiger partial charge in [0, 0.05) is 25.3 Å². The van der Waals surface area contributed by atoms with Gasteiger partial charge in [-0.2, -0.15) is 0 Å². The summed E-state index contributed by atoms with van der Waals surface area (Å²) in [5, 5.41) is 6.88. The van der Waals surface area contributed by atoms with Gasteiger partial charge in [-0.15, -0.1) is 0 Å². The summed E-state index contributed by atoms with van der Waals surface area (Å²) in [6, 6.07) is 0. The second kappa shape index (κ2) is 4.47. The van der Waals surface area contributed by atoms with Crippen LogP contribution in [0.2, 0.25) is 0 Å². The molecule has 2 nitrogen and oxygen atoms in total. The topological polar surface area (TPSA) is 24.1 Å². The van der Waals surface area contributed by atoms with Crippen LogP contribution < -0.4 is 10.6 Å². The van der Waals surface area contributed by atoms with Gasteiger partial charge in [0.25, 0.3) is 0 Å².